The molecule has 0 amide bonds. The first-order valence-corrected chi connectivity index (χ1v) is 9.54. The summed E-state index contributed by atoms with van der Waals surface area (Å²) in [7, 11) is 1.53. The second-order valence-corrected chi connectivity index (χ2v) is 6.77. The topological polar surface area (TPSA) is 52.6 Å². The molecule has 0 aromatic heterocycles. The molecule has 0 aliphatic rings. The van der Waals surface area contributed by atoms with Gasteiger partial charge in [0.1, 0.15) is 5.75 Å². The Morgan fingerprint density at radius 3 is 2.27 bits per heavy atom. The van der Waals surface area contributed by atoms with Gasteiger partial charge in [0, 0.05) is 16.7 Å². The zero-order valence-corrected chi connectivity index (χ0v) is 16.9. The number of para-hydroxylation sites is 1. The van der Waals surface area contributed by atoms with Crippen LogP contribution in [0, 0.1) is 12.3 Å². The van der Waals surface area contributed by atoms with Gasteiger partial charge in [-0.05, 0) is 24.6 Å². The van der Waals surface area contributed by atoms with Gasteiger partial charge >= 0.3 is 5.97 Å². The second-order valence-electron chi connectivity index (χ2n) is 6.77. The van der Waals surface area contributed by atoms with Crippen molar-refractivity contribution in [3.8, 4) is 18.1 Å². The maximum absolute atomic E-state index is 12.8. The highest BCUT2D eigenvalue weighted by atomic mass is 16.5. The number of methoxy groups -OCH3 is 1. The van der Waals surface area contributed by atoms with Gasteiger partial charge in [0.2, 0.25) is 0 Å². The number of hydrogen-bond donors (Lipinski definition) is 0. The molecule has 3 rings (SSSR count). The van der Waals surface area contributed by atoms with Gasteiger partial charge in [0.25, 0.3) is 0 Å². The van der Waals surface area contributed by atoms with E-state index >= 15 is 0 Å². The molecule has 2 atom stereocenters. The Labute approximate surface area is 176 Å². The summed E-state index contributed by atoms with van der Waals surface area (Å²) in [5.74, 6) is 1.88. The third kappa shape index (κ3) is 4.59. The summed E-state index contributed by atoms with van der Waals surface area (Å²) in [6.07, 6.45) is 4.75. The summed E-state index contributed by atoms with van der Waals surface area (Å²) < 4.78 is 10.9. The van der Waals surface area contributed by atoms with E-state index in [1.165, 1.54) is 7.11 Å². The molecule has 150 valence electrons. The first-order chi connectivity index (χ1) is 14.5. The van der Waals surface area contributed by atoms with Crippen LogP contribution in [0.1, 0.15) is 46.0 Å². The van der Waals surface area contributed by atoms with E-state index in [4.69, 9.17) is 15.9 Å². The highest BCUT2D eigenvalue weighted by Gasteiger charge is 2.24. The Balaban J connectivity index is 1.79. The third-order valence-electron chi connectivity index (χ3n) is 4.85. The fourth-order valence-corrected chi connectivity index (χ4v) is 3.13. The molecule has 0 N–H and O–H groups in total. The molecule has 0 aliphatic heterocycles. The Bertz CT molecular complexity index is 1080. The Kier molecular flexibility index (Phi) is 6.67. The van der Waals surface area contributed by atoms with Crippen molar-refractivity contribution in [2.45, 2.75) is 18.9 Å². The Hall–Kier alpha value is -3.84. The number of benzene rings is 3. The average molecular weight is 398 g/mol. The number of carbonyl (C=O) groups excluding carboxylic acids is 2. The number of ether oxygens (including phenoxy) is 2. The van der Waals surface area contributed by atoms with E-state index in [1.807, 2.05) is 24.3 Å². The zero-order chi connectivity index (χ0) is 21.5. The maximum Gasteiger partial charge on any atom is 0.314 e. The number of ketones is 1. The van der Waals surface area contributed by atoms with Crippen molar-refractivity contribution in [3.05, 3.63) is 101 Å². The quantitative estimate of drug-likeness (QED) is 0.321. The van der Waals surface area contributed by atoms with Crippen LogP contribution < -0.4 is 4.74 Å². The predicted octanol–water partition coefficient (Wildman–Crippen LogP) is 4.95. The van der Waals surface area contributed by atoms with Gasteiger partial charge in [-0.15, -0.1) is 6.42 Å². The smallest absolute Gasteiger partial charge is 0.314 e. The standard InChI is InChI=1S/C26H22O4/c1-4-23(22-15-8-9-16-24(22)29-3)30-26(28)18(2)20-13-10-14-21(17-20)25(27)19-11-6-5-7-12-19/h1,5-18,23H,2-3H3/t18-,23-/m1/s1. The van der Waals surface area contributed by atoms with Crippen LogP contribution in [0.4, 0.5) is 0 Å². The summed E-state index contributed by atoms with van der Waals surface area (Å²) >= 11 is 0. The summed E-state index contributed by atoms with van der Waals surface area (Å²) in [4.78, 5) is 25.5. The number of carbonyl (C=O) groups is 2. The SMILES string of the molecule is C#C[C@@H](OC(=O)[C@H](C)c1cccc(C(=O)c2ccccc2)c1)c1ccccc1OC. The van der Waals surface area contributed by atoms with Crippen LogP contribution in [0.15, 0.2) is 78.9 Å². The van der Waals surface area contributed by atoms with E-state index in [0.717, 1.165) is 0 Å². The lowest BCUT2D eigenvalue weighted by atomic mass is 9.95. The molecule has 0 aliphatic carbocycles. The Morgan fingerprint density at radius 1 is 0.900 bits per heavy atom. The number of rotatable bonds is 7. The fraction of sp³-hybridized carbons (Fsp3) is 0.154. The van der Waals surface area contributed by atoms with Crippen molar-refractivity contribution >= 4 is 11.8 Å². The molecule has 0 unspecified atom stereocenters. The number of terminal acetylenes is 1. The molecular formula is C26H22O4. The zero-order valence-electron chi connectivity index (χ0n) is 16.9. The molecule has 0 spiro atoms. The minimum absolute atomic E-state index is 0.103. The average Bonchev–Trinajstić information content (AvgIpc) is 2.82. The predicted molar refractivity (Wildman–Crippen MR) is 115 cm³/mol. The lowest BCUT2D eigenvalue weighted by Crippen LogP contribution is -2.17. The molecule has 0 saturated carbocycles. The monoisotopic (exact) mass is 398 g/mol. The minimum Gasteiger partial charge on any atom is -0.496 e. The van der Waals surface area contributed by atoms with Crippen LogP contribution in [-0.2, 0) is 9.53 Å². The van der Waals surface area contributed by atoms with Crippen LogP contribution in [0.2, 0.25) is 0 Å². The van der Waals surface area contributed by atoms with Gasteiger partial charge in [-0.25, -0.2) is 0 Å². The van der Waals surface area contributed by atoms with E-state index in [0.29, 0.717) is 28.0 Å². The van der Waals surface area contributed by atoms with Crippen LogP contribution >= 0.6 is 0 Å². The van der Waals surface area contributed by atoms with E-state index in [1.54, 1.807) is 61.5 Å². The van der Waals surface area contributed by atoms with Crippen LogP contribution in [0.3, 0.4) is 0 Å². The highest BCUT2D eigenvalue weighted by Crippen LogP contribution is 2.29. The molecule has 4 heteroatoms. The molecule has 0 fully saturated rings. The summed E-state index contributed by atoms with van der Waals surface area (Å²) in [5.41, 5.74) is 2.39. The molecule has 30 heavy (non-hydrogen) atoms. The van der Waals surface area contributed by atoms with E-state index in [-0.39, 0.29) is 5.78 Å². The molecule has 4 nitrogen and oxygen atoms in total. The van der Waals surface area contributed by atoms with Crippen molar-refractivity contribution in [1.82, 2.24) is 0 Å². The van der Waals surface area contributed by atoms with Crippen LogP contribution in [-0.4, -0.2) is 18.9 Å². The number of esters is 1. The largest absolute Gasteiger partial charge is 0.496 e. The van der Waals surface area contributed by atoms with Gasteiger partial charge in [-0.3, -0.25) is 9.59 Å². The normalized spacial score (nSPS) is 12.3. The van der Waals surface area contributed by atoms with E-state index in [2.05, 4.69) is 5.92 Å². The van der Waals surface area contributed by atoms with Crippen LogP contribution in [0.5, 0.6) is 5.75 Å². The first-order valence-electron chi connectivity index (χ1n) is 9.54. The van der Waals surface area contributed by atoms with Crippen molar-refractivity contribution < 1.29 is 19.1 Å². The summed E-state index contributed by atoms with van der Waals surface area (Å²) in [6, 6.07) is 23.2. The molecule has 0 heterocycles. The Morgan fingerprint density at radius 2 is 1.57 bits per heavy atom. The molecule has 3 aromatic rings. The van der Waals surface area contributed by atoms with Gasteiger partial charge in [-0.1, -0.05) is 72.7 Å². The highest BCUT2D eigenvalue weighted by molar-refractivity contribution is 6.09. The van der Waals surface area contributed by atoms with Crippen molar-refractivity contribution in [1.29, 1.82) is 0 Å². The maximum atomic E-state index is 12.8. The summed E-state index contributed by atoms with van der Waals surface area (Å²) in [5, 5.41) is 0. The molecule has 3 aromatic carbocycles. The second kappa shape index (κ2) is 9.58. The molecule has 0 radical (unpaired) electrons. The lowest BCUT2D eigenvalue weighted by Gasteiger charge is -2.18. The molecule has 0 bridgehead atoms. The third-order valence-corrected chi connectivity index (χ3v) is 4.85. The summed E-state index contributed by atoms with van der Waals surface area (Å²) in [6.45, 7) is 1.73. The van der Waals surface area contributed by atoms with Gasteiger partial charge in [-0.2, -0.15) is 0 Å². The first kappa shape index (κ1) is 20.9. The van der Waals surface area contributed by atoms with Gasteiger partial charge in [0.15, 0.2) is 11.9 Å². The van der Waals surface area contributed by atoms with Crippen LogP contribution in [0.25, 0.3) is 0 Å². The van der Waals surface area contributed by atoms with E-state index < -0.39 is 18.0 Å². The van der Waals surface area contributed by atoms with Gasteiger partial charge < -0.3 is 9.47 Å². The van der Waals surface area contributed by atoms with Gasteiger partial charge in [0.05, 0.1) is 13.0 Å². The van der Waals surface area contributed by atoms with Crippen molar-refractivity contribution in [3.63, 3.8) is 0 Å². The van der Waals surface area contributed by atoms with Crippen molar-refractivity contribution in [2.75, 3.05) is 7.11 Å². The van der Waals surface area contributed by atoms with Crippen molar-refractivity contribution in [2.24, 2.45) is 0 Å². The fourth-order valence-electron chi connectivity index (χ4n) is 3.13. The minimum atomic E-state index is -0.870. The van der Waals surface area contributed by atoms with E-state index in [9.17, 15) is 9.59 Å². The molecule has 0 saturated heterocycles. The lowest BCUT2D eigenvalue weighted by molar-refractivity contribution is -0.148. The number of hydrogen-bond acceptors (Lipinski definition) is 4. The molecular weight excluding hydrogens is 376 g/mol.